The fraction of sp³-hybridized carbons (Fsp3) is 0.222. The number of aromatic nitrogens is 4. The van der Waals surface area contributed by atoms with Crippen LogP contribution in [-0.2, 0) is 0 Å². The number of carbonyl (C=O) groups is 1. The monoisotopic (exact) mass is 364 g/mol. The van der Waals surface area contributed by atoms with E-state index in [1.54, 1.807) is 41.4 Å². The number of pyridine rings is 1. The Labute approximate surface area is 156 Å². The normalized spacial score (nSPS) is 16.5. The molecule has 1 amide bonds. The van der Waals surface area contributed by atoms with E-state index in [1.807, 2.05) is 12.1 Å². The zero-order valence-corrected chi connectivity index (χ0v) is 14.6. The Hall–Kier alpha value is -3.46. The number of amides is 1. The van der Waals surface area contributed by atoms with Gasteiger partial charge in [-0.05, 0) is 42.8 Å². The number of carbonyl (C=O) groups excluding carboxylic acids is 1. The van der Waals surface area contributed by atoms with Gasteiger partial charge in [-0.15, -0.1) is 5.10 Å². The molecule has 1 atom stereocenters. The average molecular weight is 364 g/mol. The SMILES string of the molecule is Nc1nc(Nc2ccc(C(=O)N3CCC(N)C3)cc2)nn1-c1ccccn1. The van der Waals surface area contributed by atoms with Crippen LogP contribution in [0.5, 0.6) is 0 Å². The van der Waals surface area contributed by atoms with Crippen LogP contribution in [0.25, 0.3) is 5.82 Å². The van der Waals surface area contributed by atoms with Gasteiger partial charge < -0.3 is 21.7 Å². The van der Waals surface area contributed by atoms with E-state index in [4.69, 9.17) is 11.5 Å². The van der Waals surface area contributed by atoms with Gasteiger partial charge in [0.15, 0.2) is 5.82 Å². The van der Waals surface area contributed by atoms with E-state index >= 15 is 0 Å². The molecule has 1 aliphatic rings. The minimum absolute atomic E-state index is 0.00343. The number of likely N-dealkylation sites (tertiary alicyclic amines) is 1. The summed E-state index contributed by atoms with van der Waals surface area (Å²) in [6, 6.07) is 12.7. The van der Waals surface area contributed by atoms with E-state index in [9.17, 15) is 4.79 Å². The predicted octanol–water partition coefficient (Wildman–Crippen LogP) is 1.16. The lowest BCUT2D eigenvalue weighted by molar-refractivity contribution is 0.0791. The maximum absolute atomic E-state index is 12.5. The molecule has 1 unspecified atom stereocenters. The van der Waals surface area contributed by atoms with Crippen molar-refractivity contribution in [3.8, 4) is 5.82 Å². The Kier molecular flexibility index (Phi) is 4.43. The van der Waals surface area contributed by atoms with Gasteiger partial charge in [0.05, 0.1) is 0 Å². The third-order valence-corrected chi connectivity index (χ3v) is 4.40. The van der Waals surface area contributed by atoms with Crippen LogP contribution in [0.15, 0.2) is 48.7 Å². The van der Waals surface area contributed by atoms with E-state index in [0.29, 0.717) is 30.4 Å². The van der Waals surface area contributed by atoms with Crippen molar-refractivity contribution in [1.29, 1.82) is 0 Å². The molecule has 27 heavy (non-hydrogen) atoms. The Bertz CT molecular complexity index is 938. The number of benzene rings is 1. The average Bonchev–Trinajstić information content (AvgIpc) is 3.28. The molecule has 4 rings (SSSR count). The molecule has 1 aliphatic heterocycles. The summed E-state index contributed by atoms with van der Waals surface area (Å²) in [6.07, 6.45) is 2.50. The third kappa shape index (κ3) is 3.58. The second kappa shape index (κ2) is 7.04. The maximum atomic E-state index is 12.5. The van der Waals surface area contributed by atoms with Crippen LogP contribution >= 0.6 is 0 Å². The highest BCUT2D eigenvalue weighted by Crippen LogP contribution is 2.19. The zero-order valence-electron chi connectivity index (χ0n) is 14.6. The molecule has 0 spiro atoms. The summed E-state index contributed by atoms with van der Waals surface area (Å²) in [4.78, 5) is 22.7. The quantitative estimate of drug-likeness (QED) is 0.634. The van der Waals surface area contributed by atoms with Crippen LogP contribution < -0.4 is 16.8 Å². The number of nitrogens with zero attached hydrogens (tertiary/aromatic N) is 5. The second-order valence-electron chi connectivity index (χ2n) is 6.40. The Morgan fingerprint density at radius 2 is 2.00 bits per heavy atom. The first kappa shape index (κ1) is 17.0. The number of anilines is 3. The van der Waals surface area contributed by atoms with Gasteiger partial charge >= 0.3 is 0 Å². The van der Waals surface area contributed by atoms with E-state index in [-0.39, 0.29) is 17.9 Å². The van der Waals surface area contributed by atoms with E-state index in [0.717, 1.165) is 12.1 Å². The molecule has 9 nitrogen and oxygen atoms in total. The van der Waals surface area contributed by atoms with Crippen molar-refractivity contribution in [3.63, 3.8) is 0 Å². The molecule has 0 aliphatic carbocycles. The largest absolute Gasteiger partial charge is 0.368 e. The van der Waals surface area contributed by atoms with Crippen LogP contribution in [0, 0.1) is 0 Å². The number of hydrogen-bond donors (Lipinski definition) is 3. The first-order valence-electron chi connectivity index (χ1n) is 8.66. The van der Waals surface area contributed by atoms with Crippen molar-refractivity contribution in [2.75, 3.05) is 24.1 Å². The van der Waals surface area contributed by atoms with Gasteiger partial charge in [0.25, 0.3) is 5.91 Å². The first-order valence-corrected chi connectivity index (χ1v) is 8.66. The summed E-state index contributed by atoms with van der Waals surface area (Å²) in [6.45, 7) is 1.31. The molecule has 5 N–H and O–H groups in total. The molecule has 0 saturated carbocycles. The molecule has 138 valence electrons. The molecule has 3 heterocycles. The molecule has 1 saturated heterocycles. The smallest absolute Gasteiger partial charge is 0.253 e. The molecule has 0 radical (unpaired) electrons. The summed E-state index contributed by atoms with van der Waals surface area (Å²) < 4.78 is 1.46. The standard InChI is InChI=1S/C18H20N8O/c19-13-8-10-25(11-13)16(27)12-4-6-14(7-5-12)22-18-23-17(20)26(24-18)15-3-1-2-9-21-15/h1-7,9,13H,8,10-11,19H2,(H3,20,22,23,24). The molecule has 1 fully saturated rings. The van der Waals surface area contributed by atoms with Crippen LogP contribution in [-0.4, -0.2) is 49.7 Å². The molecular weight excluding hydrogens is 344 g/mol. The van der Waals surface area contributed by atoms with Crippen molar-refractivity contribution < 1.29 is 4.79 Å². The van der Waals surface area contributed by atoms with Gasteiger partial charge in [0.1, 0.15) is 0 Å². The minimum Gasteiger partial charge on any atom is -0.368 e. The summed E-state index contributed by atoms with van der Waals surface area (Å²) in [5.41, 5.74) is 13.2. The highest BCUT2D eigenvalue weighted by atomic mass is 16.2. The Morgan fingerprint density at radius 3 is 2.67 bits per heavy atom. The lowest BCUT2D eigenvalue weighted by Crippen LogP contribution is -2.31. The summed E-state index contributed by atoms with van der Waals surface area (Å²) in [5.74, 6) is 1.16. The Morgan fingerprint density at radius 1 is 1.19 bits per heavy atom. The van der Waals surface area contributed by atoms with E-state index < -0.39 is 0 Å². The van der Waals surface area contributed by atoms with Crippen LogP contribution in [0.1, 0.15) is 16.8 Å². The molecule has 2 aromatic heterocycles. The van der Waals surface area contributed by atoms with Gasteiger partial charge in [0.2, 0.25) is 11.9 Å². The Balaban J connectivity index is 1.47. The molecule has 9 heteroatoms. The van der Waals surface area contributed by atoms with Crippen molar-refractivity contribution in [3.05, 3.63) is 54.2 Å². The number of hydrogen-bond acceptors (Lipinski definition) is 7. The number of rotatable bonds is 4. The highest BCUT2D eigenvalue weighted by molar-refractivity contribution is 5.94. The van der Waals surface area contributed by atoms with Crippen molar-refractivity contribution in [2.24, 2.45) is 5.73 Å². The van der Waals surface area contributed by atoms with Crippen molar-refractivity contribution in [1.82, 2.24) is 24.6 Å². The van der Waals surface area contributed by atoms with Gasteiger partial charge in [-0.3, -0.25) is 4.79 Å². The van der Waals surface area contributed by atoms with Crippen LogP contribution in [0.3, 0.4) is 0 Å². The maximum Gasteiger partial charge on any atom is 0.253 e. The number of nitrogen functional groups attached to an aromatic ring is 1. The fourth-order valence-electron chi connectivity index (χ4n) is 3.00. The number of nitrogens with two attached hydrogens (primary N) is 2. The second-order valence-corrected chi connectivity index (χ2v) is 6.40. The molecule has 3 aromatic rings. The van der Waals surface area contributed by atoms with Crippen LogP contribution in [0.4, 0.5) is 17.6 Å². The summed E-state index contributed by atoms with van der Waals surface area (Å²) in [7, 11) is 0. The zero-order chi connectivity index (χ0) is 18.8. The van der Waals surface area contributed by atoms with Gasteiger partial charge in [-0.25, -0.2) is 4.98 Å². The van der Waals surface area contributed by atoms with Crippen LogP contribution in [0.2, 0.25) is 0 Å². The minimum atomic E-state index is -0.00343. The predicted molar refractivity (Wildman–Crippen MR) is 102 cm³/mol. The lowest BCUT2D eigenvalue weighted by Gasteiger charge is -2.15. The topological polar surface area (TPSA) is 128 Å². The molecule has 1 aromatic carbocycles. The fourth-order valence-corrected chi connectivity index (χ4v) is 3.00. The van der Waals surface area contributed by atoms with Gasteiger partial charge in [-0.1, -0.05) is 6.07 Å². The van der Waals surface area contributed by atoms with Gasteiger partial charge in [0, 0.05) is 36.6 Å². The molecule has 0 bridgehead atoms. The summed E-state index contributed by atoms with van der Waals surface area (Å²) >= 11 is 0. The lowest BCUT2D eigenvalue weighted by atomic mass is 10.2. The summed E-state index contributed by atoms with van der Waals surface area (Å²) in [5, 5.41) is 7.40. The van der Waals surface area contributed by atoms with E-state index in [1.165, 1.54) is 4.68 Å². The first-order chi connectivity index (χ1) is 13.1. The third-order valence-electron chi connectivity index (χ3n) is 4.40. The van der Waals surface area contributed by atoms with Crippen molar-refractivity contribution >= 4 is 23.5 Å². The highest BCUT2D eigenvalue weighted by Gasteiger charge is 2.24. The van der Waals surface area contributed by atoms with E-state index in [2.05, 4.69) is 20.4 Å². The molecular formula is C18H20N8O. The van der Waals surface area contributed by atoms with Gasteiger partial charge in [-0.2, -0.15) is 9.67 Å². The van der Waals surface area contributed by atoms with Crippen molar-refractivity contribution in [2.45, 2.75) is 12.5 Å². The number of nitrogens with one attached hydrogen (secondary N) is 1.